The second kappa shape index (κ2) is 6.61. The van der Waals surface area contributed by atoms with Crippen molar-refractivity contribution >= 4 is 11.5 Å². The van der Waals surface area contributed by atoms with Gasteiger partial charge in [-0.05, 0) is 29.6 Å². The van der Waals surface area contributed by atoms with Crippen molar-refractivity contribution in [3.8, 4) is 28.4 Å². The van der Waals surface area contributed by atoms with Crippen LogP contribution in [-0.4, -0.2) is 25.7 Å². The van der Waals surface area contributed by atoms with E-state index in [2.05, 4.69) is 17.4 Å². The maximum absolute atomic E-state index is 5.54. The molecule has 0 saturated heterocycles. The molecular weight excluding hydrogens is 274 g/mol. The molecule has 1 heterocycles. The van der Waals surface area contributed by atoms with E-state index in [0.29, 0.717) is 11.5 Å². The van der Waals surface area contributed by atoms with E-state index in [1.807, 2.05) is 11.6 Å². The number of nitrogens with zero attached hydrogens (tertiary/aromatic N) is 1. The van der Waals surface area contributed by atoms with Crippen LogP contribution in [0.15, 0.2) is 17.6 Å². The molecule has 0 saturated carbocycles. The number of rotatable bonds is 6. The van der Waals surface area contributed by atoms with Crippen molar-refractivity contribution in [1.29, 1.82) is 0 Å². The van der Waals surface area contributed by atoms with Gasteiger partial charge in [0.25, 0.3) is 0 Å². The second-order valence-corrected chi connectivity index (χ2v) is 5.00. The van der Waals surface area contributed by atoms with Crippen LogP contribution < -0.4 is 14.2 Å². The van der Waals surface area contributed by atoms with Crippen molar-refractivity contribution in [2.45, 2.75) is 19.8 Å². The normalized spacial score (nSPS) is 10.4. The average Bonchev–Trinajstić information content (AvgIpc) is 3.00. The zero-order chi connectivity index (χ0) is 14.5. The van der Waals surface area contributed by atoms with E-state index in [1.54, 1.807) is 21.3 Å². The van der Waals surface area contributed by atoms with Crippen molar-refractivity contribution < 1.29 is 14.2 Å². The summed E-state index contributed by atoms with van der Waals surface area (Å²) >= 11 is 1.42. The van der Waals surface area contributed by atoms with Gasteiger partial charge in [-0.3, -0.25) is 0 Å². The van der Waals surface area contributed by atoms with Gasteiger partial charge in [-0.25, -0.2) is 4.37 Å². The Morgan fingerprint density at radius 3 is 2.25 bits per heavy atom. The van der Waals surface area contributed by atoms with E-state index in [4.69, 9.17) is 14.2 Å². The molecule has 0 radical (unpaired) electrons. The summed E-state index contributed by atoms with van der Waals surface area (Å²) in [6.45, 7) is 2.14. The third-order valence-electron chi connectivity index (χ3n) is 3.14. The lowest BCUT2D eigenvalue weighted by Crippen LogP contribution is -2.01. The van der Waals surface area contributed by atoms with E-state index in [-0.39, 0.29) is 0 Å². The molecule has 0 aliphatic heterocycles. The third kappa shape index (κ3) is 2.58. The first-order valence-corrected chi connectivity index (χ1v) is 7.32. The maximum Gasteiger partial charge on any atom is 0.204 e. The predicted molar refractivity (Wildman–Crippen MR) is 81.2 cm³/mol. The topological polar surface area (TPSA) is 40.6 Å². The second-order valence-electron chi connectivity index (χ2n) is 4.35. The van der Waals surface area contributed by atoms with Crippen LogP contribution in [0, 0.1) is 0 Å². The first-order chi connectivity index (χ1) is 9.76. The van der Waals surface area contributed by atoms with E-state index < -0.39 is 0 Å². The summed E-state index contributed by atoms with van der Waals surface area (Å²) in [5.74, 6) is 2.07. The lowest BCUT2D eigenvalue weighted by molar-refractivity contribution is 0.323. The molecule has 0 spiro atoms. The molecular formula is C15H19NO3S. The first kappa shape index (κ1) is 14.7. The van der Waals surface area contributed by atoms with Crippen LogP contribution in [0.2, 0.25) is 0 Å². The van der Waals surface area contributed by atoms with Crippen molar-refractivity contribution in [3.05, 3.63) is 23.2 Å². The van der Waals surface area contributed by atoms with Gasteiger partial charge in [-0.1, -0.05) is 13.3 Å². The van der Waals surface area contributed by atoms with Crippen molar-refractivity contribution in [2.75, 3.05) is 21.3 Å². The number of aromatic nitrogens is 1. The van der Waals surface area contributed by atoms with Gasteiger partial charge >= 0.3 is 0 Å². The minimum absolute atomic E-state index is 0.641. The van der Waals surface area contributed by atoms with Crippen LogP contribution in [-0.2, 0) is 6.42 Å². The molecule has 0 aliphatic rings. The molecule has 1 aromatic carbocycles. The van der Waals surface area contributed by atoms with E-state index >= 15 is 0 Å². The summed E-state index contributed by atoms with van der Waals surface area (Å²) in [7, 11) is 4.92. The number of ether oxygens (including phenoxy) is 3. The Balaban J connectivity index is 2.70. The molecule has 4 nitrogen and oxygen atoms in total. The molecule has 0 N–H and O–H groups in total. The maximum atomic E-state index is 5.54. The smallest absolute Gasteiger partial charge is 0.204 e. The fourth-order valence-corrected chi connectivity index (χ4v) is 2.83. The highest BCUT2D eigenvalue weighted by Gasteiger charge is 2.21. The molecule has 20 heavy (non-hydrogen) atoms. The van der Waals surface area contributed by atoms with Gasteiger partial charge in [0, 0.05) is 22.7 Å². The number of hydrogen-bond acceptors (Lipinski definition) is 5. The largest absolute Gasteiger partial charge is 0.492 e. The van der Waals surface area contributed by atoms with Crippen LogP contribution in [0.1, 0.15) is 18.9 Å². The van der Waals surface area contributed by atoms with E-state index in [0.717, 1.165) is 35.3 Å². The quantitative estimate of drug-likeness (QED) is 0.812. The fourth-order valence-electron chi connectivity index (χ4n) is 2.30. The highest BCUT2D eigenvalue weighted by molar-refractivity contribution is 7.03. The van der Waals surface area contributed by atoms with Gasteiger partial charge in [-0.2, -0.15) is 0 Å². The van der Waals surface area contributed by atoms with Gasteiger partial charge in [-0.15, -0.1) is 0 Å². The Morgan fingerprint density at radius 2 is 1.75 bits per heavy atom. The number of hydrogen-bond donors (Lipinski definition) is 0. The fraction of sp³-hybridized carbons (Fsp3) is 0.400. The Bertz CT molecular complexity index is 567. The molecule has 1 aromatic heterocycles. The Labute approximate surface area is 123 Å². The standard InChI is InChI=1S/C15H19NO3S/c1-5-6-10-7-12(11-8-16-20-9-11)14(18-3)15(19-4)13(10)17-2/h7-9H,5-6H2,1-4H3. The molecule has 2 aromatic rings. The third-order valence-corrected chi connectivity index (χ3v) is 3.73. The van der Waals surface area contributed by atoms with Gasteiger partial charge in [0.2, 0.25) is 5.75 Å². The number of methoxy groups -OCH3 is 3. The molecule has 0 atom stereocenters. The average molecular weight is 293 g/mol. The number of aryl methyl sites for hydroxylation is 1. The van der Waals surface area contributed by atoms with Crippen LogP contribution in [0.5, 0.6) is 17.2 Å². The zero-order valence-corrected chi connectivity index (χ0v) is 13.0. The zero-order valence-electron chi connectivity index (χ0n) is 12.2. The summed E-state index contributed by atoms with van der Waals surface area (Å²) in [5, 5.41) is 2.00. The van der Waals surface area contributed by atoms with Crippen molar-refractivity contribution in [3.63, 3.8) is 0 Å². The van der Waals surface area contributed by atoms with E-state index in [1.165, 1.54) is 11.5 Å². The number of benzene rings is 1. The van der Waals surface area contributed by atoms with Gasteiger partial charge in [0.15, 0.2) is 11.5 Å². The molecule has 2 rings (SSSR count). The summed E-state index contributed by atoms with van der Waals surface area (Å²) in [4.78, 5) is 0. The Kier molecular flexibility index (Phi) is 4.84. The predicted octanol–water partition coefficient (Wildman–Crippen LogP) is 3.79. The van der Waals surface area contributed by atoms with Gasteiger partial charge in [0.1, 0.15) is 0 Å². The lowest BCUT2D eigenvalue weighted by atomic mass is 10.00. The summed E-state index contributed by atoms with van der Waals surface area (Å²) in [6, 6.07) is 2.10. The summed E-state index contributed by atoms with van der Waals surface area (Å²) in [6.07, 6.45) is 3.80. The van der Waals surface area contributed by atoms with Crippen LogP contribution >= 0.6 is 11.5 Å². The van der Waals surface area contributed by atoms with Crippen molar-refractivity contribution in [2.24, 2.45) is 0 Å². The molecule has 0 bridgehead atoms. The minimum Gasteiger partial charge on any atom is -0.492 e. The Hall–Kier alpha value is -1.75. The van der Waals surface area contributed by atoms with Crippen LogP contribution in [0.25, 0.3) is 11.1 Å². The lowest BCUT2D eigenvalue weighted by Gasteiger charge is -2.18. The van der Waals surface area contributed by atoms with E-state index in [9.17, 15) is 0 Å². The molecule has 0 fully saturated rings. The van der Waals surface area contributed by atoms with Crippen LogP contribution in [0.4, 0.5) is 0 Å². The highest BCUT2D eigenvalue weighted by atomic mass is 32.1. The summed E-state index contributed by atoms with van der Waals surface area (Å²) < 4.78 is 20.7. The molecule has 108 valence electrons. The highest BCUT2D eigenvalue weighted by Crippen LogP contribution is 2.47. The monoisotopic (exact) mass is 293 g/mol. The SMILES string of the molecule is CCCc1cc(-c2cnsc2)c(OC)c(OC)c1OC. The molecule has 5 heteroatoms. The van der Waals surface area contributed by atoms with Gasteiger partial charge in [0.05, 0.1) is 21.3 Å². The molecule has 0 amide bonds. The van der Waals surface area contributed by atoms with Gasteiger partial charge < -0.3 is 14.2 Å². The Morgan fingerprint density at radius 1 is 1.05 bits per heavy atom. The van der Waals surface area contributed by atoms with Crippen LogP contribution in [0.3, 0.4) is 0 Å². The minimum atomic E-state index is 0.641. The summed E-state index contributed by atoms with van der Waals surface area (Å²) in [5.41, 5.74) is 3.14. The van der Waals surface area contributed by atoms with Crippen molar-refractivity contribution in [1.82, 2.24) is 4.37 Å². The first-order valence-electron chi connectivity index (χ1n) is 6.48. The molecule has 0 unspecified atom stereocenters. The molecule has 0 aliphatic carbocycles.